The molecule has 0 N–H and O–H groups in total. The van der Waals surface area contributed by atoms with E-state index in [0.29, 0.717) is 11.1 Å². The van der Waals surface area contributed by atoms with Crippen LogP contribution in [0.1, 0.15) is 34.6 Å². The Morgan fingerprint density at radius 2 is 1.21 bits per heavy atom. The lowest BCUT2D eigenvalue weighted by Gasteiger charge is -2.23. The van der Waals surface area contributed by atoms with E-state index < -0.39 is 42.5 Å². The molecular weight excluding hydrogens is 364 g/mol. The molecule has 0 amide bonds. The number of ether oxygens (including phenoxy) is 4. The first-order chi connectivity index (χ1) is 13.5. The summed E-state index contributed by atoms with van der Waals surface area (Å²) in [5, 5.41) is 0. The summed E-state index contributed by atoms with van der Waals surface area (Å²) in [5.74, 6) is -1.83. The van der Waals surface area contributed by atoms with Gasteiger partial charge in [-0.25, -0.2) is 9.59 Å². The summed E-state index contributed by atoms with van der Waals surface area (Å²) >= 11 is 0. The van der Waals surface area contributed by atoms with Crippen molar-refractivity contribution in [1.82, 2.24) is 0 Å². The normalized spacial score (nSPS) is 23.6. The van der Waals surface area contributed by atoms with Crippen LogP contribution in [0.3, 0.4) is 0 Å². The summed E-state index contributed by atoms with van der Waals surface area (Å²) in [6.45, 7) is 2.86. The predicted molar refractivity (Wildman–Crippen MR) is 97.4 cm³/mol. The second kappa shape index (κ2) is 8.67. The van der Waals surface area contributed by atoms with Crippen LogP contribution in [0.5, 0.6) is 0 Å². The van der Waals surface area contributed by atoms with Gasteiger partial charge in [0.15, 0.2) is 6.10 Å². The molecule has 1 fully saturated rings. The number of hydrogen-bond donors (Lipinski definition) is 0. The van der Waals surface area contributed by atoms with Gasteiger partial charge < -0.3 is 18.9 Å². The number of carbonyl (C=O) groups excluding carboxylic acids is 3. The molecule has 1 saturated heterocycles. The average Bonchev–Trinajstić information content (AvgIpc) is 2.97. The lowest BCUT2D eigenvalue weighted by atomic mass is 10.1. The predicted octanol–water partition coefficient (Wildman–Crippen LogP) is 2.75. The Morgan fingerprint density at radius 1 is 0.750 bits per heavy atom. The third kappa shape index (κ3) is 4.55. The average molecular weight is 384 g/mol. The first-order valence-electron chi connectivity index (χ1n) is 8.80. The molecule has 7 heteroatoms. The van der Waals surface area contributed by atoms with Gasteiger partial charge in [0.25, 0.3) is 0 Å². The van der Waals surface area contributed by atoms with Gasteiger partial charge in [0.2, 0.25) is 12.4 Å². The molecule has 1 aliphatic heterocycles. The quantitative estimate of drug-likeness (QED) is 0.578. The maximum atomic E-state index is 12.5. The fourth-order valence-electron chi connectivity index (χ4n) is 2.86. The van der Waals surface area contributed by atoms with Crippen LogP contribution in [0.4, 0.5) is 0 Å². The summed E-state index contributed by atoms with van der Waals surface area (Å²) < 4.78 is 21.7. The molecule has 0 unspecified atom stereocenters. The van der Waals surface area contributed by atoms with Crippen LogP contribution in [0.2, 0.25) is 0 Å². The van der Waals surface area contributed by atoms with Crippen molar-refractivity contribution in [2.75, 3.05) is 0 Å². The molecule has 0 aromatic heterocycles. The standard InChI is InChI=1S/C21H20O7/c1-13-17(27-19(23)15-9-5-3-6-10-15)18(21(25-13)26-14(2)22)28-20(24)16-11-7-4-8-12-16/h3-13,17-18,21H,1-2H3/t13-,17-,18+,21+/m1/s1. The van der Waals surface area contributed by atoms with Gasteiger partial charge in [-0.05, 0) is 31.2 Å². The van der Waals surface area contributed by atoms with Crippen LogP contribution in [0, 0.1) is 0 Å². The summed E-state index contributed by atoms with van der Waals surface area (Å²) in [6, 6.07) is 16.7. The van der Waals surface area contributed by atoms with E-state index in [9.17, 15) is 14.4 Å². The van der Waals surface area contributed by atoms with E-state index in [1.165, 1.54) is 6.92 Å². The van der Waals surface area contributed by atoms with E-state index >= 15 is 0 Å². The lowest BCUT2D eigenvalue weighted by molar-refractivity contribution is -0.185. The molecule has 4 atom stereocenters. The zero-order chi connectivity index (χ0) is 20.1. The highest BCUT2D eigenvalue weighted by atomic mass is 16.7. The zero-order valence-electron chi connectivity index (χ0n) is 15.4. The summed E-state index contributed by atoms with van der Waals surface area (Å²) in [6.07, 6.45) is -3.86. The topological polar surface area (TPSA) is 88.1 Å². The van der Waals surface area contributed by atoms with Crippen molar-refractivity contribution in [2.24, 2.45) is 0 Å². The fraction of sp³-hybridized carbons (Fsp3) is 0.286. The minimum Gasteiger partial charge on any atom is -0.452 e. The molecule has 0 saturated carbocycles. The van der Waals surface area contributed by atoms with Gasteiger partial charge in [-0.3, -0.25) is 4.79 Å². The van der Waals surface area contributed by atoms with Crippen molar-refractivity contribution in [3.05, 3.63) is 71.8 Å². The summed E-state index contributed by atoms with van der Waals surface area (Å²) in [7, 11) is 0. The molecule has 7 nitrogen and oxygen atoms in total. The second-order valence-corrected chi connectivity index (χ2v) is 6.29. The first-order valence-corrected chi connectivity index (χ1v) is 8.80. The van der Waals surface area contributed by atoms with Crippen molar-refractivity contribution in [1.29, 1.82) is 0 Å². The summed E-state index contributed by atoms with van der Waals surface area (Å²) in [4.78, 5) is 36.3. The summed E-state index contributed by atoms with van der Waals surface area (Å²) in [5.41, 5.74) is 0.663. The molecule has 0 bridgehead atoms. The van der Waals surface area contributed by atoms with E-state index in [1.54, 1.807) is 67.6 Å². The van der Waals surface area contributed by atoms with Crippen molar-refractivity contribution >= 4 is 17.9 Å². The second-order valence-electron chi connectivity index (χ2n) is 6.29. The molecule has 1 aliphatic rings. The maximum absolute atomic E-state index is 12.5. The first kappa shape index (κ1) is 19.6. The highest BCUT2D eigenvalue weighted by molar-refractivity contribution is 5.90. The van der Waals surface area contributed by atoms with Crippen LogP contribution in [0.25, 0.3) is 0 Å². The Bertz CT molecular complexity index is 834. The molecule has 146 valence electrons. The Hall–Kier alpha value is -3.19. The third-order valence-corrected chi connectivity index (χ3v) is 4.19. The fourth-order valence-corrected chi connectivity index (χ4v) is 2.86. The molecule has 1 heterocycles. The van der Waals surface area contributed by atoms with Crippen molar-refractivity contribution in [3.8, 4) is 0 Å². The molecular formula is C21H20O7. The highest BCUT2D eigenvalue weighted by Gasteiger charge is 2.49. The van der Waals surface area contributed by atoms with E-state index in [2.05, 4.69) is 0 Å². The van der Waals surface area contributed by atoms with Crippen molar-refractivity contribution in [3.63, 3.8) is 0 Å². The molecule has 0 radical (unpaired) electrons. The Morgan fingerprint density at radius 3 is 1.68 bits per heavy atom. The van der Waals surface area contributed by atoms with Gasteiger partial charge in [-0.15, -0.1) is 0 Å². The van der Waals surface area contributed by atoms with Crippen LogP contribution >= 0.6 is 0 Å². The van der Waals surface area contributed by atoms with Gasteiger partial charge >= 0.3 is 17.9 Å². The van der Waals surface area contributed by atoms with Crippen molar-refractivity contribution in [2.45, 2.75) is 38.4 Å². The van der Waals surface area contributed by atoms with Gasteiger partial charge in [0.1, 0.15) is 6.10 Å². The molecule has 0 spiro atoms. The maximum Gasteiger partial charge on any atom is 0.338 e. The van der Waals surface area contributed by atoms with Crippen molar-refractivity contribution < 1.29 is 33.3 Å². The van der Waals surface area contributed by atoms with E-state index in [0.717, 1.165) is 0 Å². The molecule has 3 rings (SSSR count). The van der Waals surface area contributed by atoms with Gasteiger partial charge in [-0.1, -0.05) is 36.4 Å². The van der Waals surface area contributed by atoms with E-state index in [1.807, 2.05) is 0 Å². The Kier molecular flexibility index (Phi) is 6.06. The van der Waals surface area contributed by atoms with Gasteiger partial charge in [0, 0.05) is 6.92 Å². The molecule has 2 aromatic carbocycles. The molecule has 28 heavy (non-hydrogen) atoms. The van der Waals surface area contributed by atoms with Gasteiger partial charge in [0.05, 0.1) is 11.1 Å². The molecule has 2 aromatic rings. The van der Waals surface area contributed by atoms with Crippen LogP contribution < -0.4 is 0 Å². The minimum atomic E-state index is -1.17. The number of benzene rings is 2. The smallest absolute Gasteiger partial charge is 0.338 e. The van der Waals surface area contributed by atoms with E-state index in [-0.39, 0.29) is 0 Å². The number of hydrogen-bond acceptors (Lipinski definition) is 7. The van der Waals surface area contributed by atoms with Crippen LogP contribution in [-0.4, -0.2) is 42.5 Å². The lowest BCUT2D eigenvalue weighted by Crippen LogP contribution is -2.41. The minimum absolute atomic E-state index is 0.316. The number of esters is 3. The SMILES string of the molecule is CC(=O)O[C@@H]1O[C@H](C)[C@@H](OC(=O)c2ccccc2)[C@@H]1OC(=O)c1ccccc1. The Labute approximate surface area is 162 Å². The van der Waals surface area contributed by atoms with Crippen LogP contribution in [0.15, 0.2) is 60.7 Å². The molecule has 0 aliphatic carbocycles. The monoisotopic (exact) mass is 384 g/mol. The largest absolute Gasteiger partial charge is 0.452 e. The zero-order valence-corrected chi connectivity index (χ0v) is 15.4. The highest BCUT2D eigenvalue weighted by Crippen LogP contribution is 2.29. The number of rotatable bonds is 5. The van der Waals surface area contributed by atoms with E-state index in [4.69, 9.17) is 18.9 Å². The Balaban J connectivity index is 1.80. The third-order valence-electron chi connectivity index (χ3n) is 4.19. The van der Waals surface area contributed by atoms with Gasteiger partial charge in [-0.2, -0.15) is 0 Å². The van der Waals surface area contributed by atoms with Crippen LogP contribution in [-0.2, 0) is 23.7 Å². The number of carbonyl (C=O) groups is 3.